The van der Waals surface area contributed by atoms with Gasteiger partial charge < -0.3 is 71.0 Å². The molecule has 3 atom stereocenters. The van der Waals surface area contributed by atoms with Crippen molar-refractivity contribution in [3.8, 4) is 0 Å². The van der Waals surface area contributed by atoms with Crippen LogP contribution in [0.25, 0.3) is 0 Å². The molecule has 0 aliphatic heterocycles. The van der Waals surface area contributed by atoms with Crippen molar-refractivity contribution in [3.63, 3.8) is 0 Å². The van der Waals surface area contributed by atoms with Crippen LogP contribution in [-0.4, -0.2) is 138 Å². The molecule has 0 aromatic heterocycles. The lowest BCUT2D eigenvalue weighted by molar-refractivity contribution is -0.193. The Morgan fingerprint density at radius 2 is 0.910 bits per heavy atom. The van der Waals surface area contributed by atoms with Crippen molar-refractivity contribution in [1.29, 1.82) is 0 Å². The maximum Gasteiger partial charge on any atom is 0.490 e. The van der Waals surface area contributed by atoms with Crippen LogP contribution in [0.2, 0.25) is 0 Å². The lowest BCUT2D eigenvalue weighted by Gasteiger charge is -2.27. The number of alkyl halides is 9. The summed E-state index contributed by atoms with van der Waals surface area (Å²) in [5.74, 6) is -10.8. The van der Waals surface area contributed by atoms with Gasteiger partial charge in [0.2, 0.25) is 23.6 Å². The van der Waals surface area contributed by atoms with Crippen molar-refractivity contribution >= 4 is 59.4 Å². The topological polar surface area (TPSA) is 422 Å². The molecule has 0 fully saturated rings. The number of nitrogens with one attached hydrogen (secondary N) is 4. The van der Waals surface area contributed by atoms with Crippen LogP contribution in [0, 0.1) is 5.92 Å². The Morgan fingerprint density at radius 1 is 0.552 bits per heavy atom. The Bertz CT molecular complexity index is 1750. The monoisotopic (exact) mass is 987 g/mol. The van der Waals surface area contributed by atoms with E-state index in [1.807, 2.05) is 18.2 Å². The van der Waals surface area contributed by atoms with Crippen LogP contribution in [0.4, 0.5) is 39.5 Å². The number of carboxylic acid groups (broad SMARTS) is 3. The standard InChI is InChI=1S/C29H51N13O4.3C2HF3O2/c1-18(2)23(26(46)41-20(11-6-13-37-27(30)31)24(44)36-15-8-16-39-29(34)35)42-25(45)21(12-7-14-38-28(32)33)40-22(43)17-19-9-4-3-5-10-19;3*3-2(4,5)1(6)7/h3-5,9-10,18,20-21,23H,6-8,11-17H2,1-2H3,(H,36,44)(H,40,43)(H,41,46)(H,42,45)(H4,30,31,37)(H4,32,33,38)(H4,34,35,39);3*(H,6,7)/t20-,21-,23-;;;/m0.../s1. The highest BCUT2D eigenvalue weighted by Crippen LogP contribution is 2.15. The van der Waals surface area contributed by atoms with E-state index in [1.165, 1.54) is 0 Å². The van der Waals surface area contributed by atoms with E-state index in [2.05, 4.69) is 36.2 Å². The molecule has 23 nitrogen and oxygen atoms in total. The highest BCUT2D eigenvalue weighted by Gasteiger charge is 2.39. The SMILES string of the molecule is CC(C)[C@H](NC(=O)[C@H](CCCN=C(N)N)NC(=O)Cc1ccccc1)C(=O)N[C@@H](CCCN=C(N)N)C(=O)NCCCN=C(N)N.O=C(O)C(F)(F)F.O=C(O)C(F)(F)F.O=C(O)C(F)(F)F. The molecule has 0 saturated carbocycles. The summed E-state index contributed by atoms with van der Waals surface area (Å²) in [5.41, 5.74) is 33.0. The van der Waals surface area contributed by atoms with E-state index < -0.39 is 72.3 Å². The van der Waals surface area contributed by atoms with E-state index in [0.29, 0.717) is 25.8 Å². The highest BCUT2D eigenvalue weighted by atomic mass is 19.4. The molecule has 0 heterocycles. The normalized spacial score (nSPS) is 12.1. The van der Waals surface area contributed by atoms with Gasteiger partial charge in [0.25, 0.3) is 0 Å². The molecule has 0 radical (unpaired) electrons. The number of nitrogens with zero attached hydrogens (tertiary/aromatic N) is 3. The molecule has 4 amide bonds. The number of aliphatic carboxylic acids is 3. The van der Waals surface area contributed by atoms with Crippen LogP contribution in [-0.2, 0) is 40.0 Å². The average Bonchev–Trinajstić information content (AvgIpc) is 3.18. The Labute approximate surface area is 375 Å². The van der Waals surface area contributed by atoms with E-state index in [9.17, 15) is 58.7 Å². The van der Waals surface area contributed by atoms with E-state index in [4.69, 9.17) is 64.1 Å². The van der Waals surface area contributed by atoms with Crippen LogP contribution in [0.5, 0.6) is 0 Å². The molecule has 0 unspecified atom stereocenters. The molecule has 1 aromatic rings. The summed E-state index contributed by atoms with van der Waals surface area (Å²) in [4.78, 5) is 91.3. The first-order chi connectivity index (χ1) is 30.6. The van der Waals surface area contributed by atoms with Gasteiger partial charge in [-0.2, -0.15) is 39.5 Å². The minimum Gasteiger partial charge on any atom is -0.475 e. The second-order valence-corrected chi connectivity index (χ2v) is 13.3. The van der Waals surface area contributed by atoms with E-state index in [0.717, 1.165) is 5.56 Å². The number of amides is 4. The first-order valence-electron chi connectivity index (χ1n) is 18.9. The Balaban J connectivity index is -0.00000159. The van der Waals surface area contributed by atoms with Gasteiger partial charge in [-0.05, 0) is 43.6 Å². The molecule has 0 aliphatic carbocycles. The number of hydrogen-bond acceptors (Lipinski definition) is 10. The second-order valence-electron chi connectivity index (χ2n) is 13.3. The van der Waals surface area contributed by atoms with Crippen LogP contribution in [0.1, 0.15) is 51.5 Å². The zero-order valence-electron chi connectivity index (χ0n) is 35.7. The maximum atomic E-state index is 13.5. The maximum absolute atomic E-state index is 13.5. The minimum absolute atomic E-state index is 0.0512. The molecule has 19 N–H and O–H groups in total. The van der Waals surface area contributed by atoms with Gasteiger partial charge in [-0.25, -0.2) is 14.4 Å². The fourth-order valence-corrected chi connectivity index (χ4v) is 4.24. The minimum atomic E-state index is -5.08. The molecule has 32 heteroatoms. The van der Waals surface area contributed by atoms with Gasteiger partial charge >= 0.3 is 36.4 Å². The summed E-state index contributed by atoms with van der Waals surface area (Å²) in [7, 11) is 0. The molecular weight excluding hydrogens is 933 g/mol. The van der Waals surface area contributed by atoms with Gasteiger partial charge in [0.1, 0.15) is 18.1 Å². The van der Waals surface area contributed by atoms with Crippen LogP contribution in [0.15, 0.2) is 45.3 Å². The fourth-order valence-electron chi connectivity index (χ4n) is 4.24. The third kappa shape index (κ3) is 35.7. The molecule has 0 bridgehead atoms. The molecular formula is C35H54F9N13O10. The molecule has 1 aromatic carbocycles. The molecule has 1 rings (SSSR count). The number of aliphatic imine (C=N–C) groups is 3. The van der Waals surface area contributed by atoms with Crippen molar-refractivity contribution in [2.75, 3.05) is 26.2 Å². The second kappa shape index (κ2) is 32.4. The predicted molar refractivity (Wildman–Crippen MR) is 220 cm³/mol. The average molecular weight is 988 g/mol. The van der Waals surface area contributed by atoms with Crippen LogP contribution >= 0.6 is 0 Å². The highest BCUT2D eigenvalue weighted by molar-refractivity contribution is 5.94. The van der Waals surface area contributed by atoms with Crippen LogP contribution < -0.4 is 55.7 Å². The third-order valence-electron chi connectivity index (χ3n) is 7.29. The number of benzene rings is 1. The van der Waals surface area contributed by atoms with Crippen molar-refractivity contribution in [2.24, 2.45) is 55.3 Å². The van der Waals surface area contributed by atoms with E-state index in [1.54, 1.807) is 26.0 Å². The first kappa shape index (κ1) is 64.0. The number of hydrogen-bond donors (Lipinski definition) is 13. The van der Waals surface area contributed by atoms with Crippen molar-refractivity contribution in [3.05, 3.63) is 35.9 Å². The molecule has 0 aliphatic rings. The molecule has 0 saturated heterocycles. The number of rotatable bonds is 21. The fraction of sp³-hybridized carbons (Fsp3) is 0.543. The summed E-state index contributed by atoms with van der Waals surface area (Å²) in [5, 5.41) is 32.4. The smallest absolute Gasteiger partial charge is 0.475 e. The largest absolute Gasteiger partial charge is 0.490 e. The Morgan fingerprint density at radius 3 is 1.25 bits per heavy atom. The van der Waals surface area contributed by atoms with Crippen molar-refractivity contribution < 1.29 is 88.4 Å². The van der Waals surface area contributed by atoms with Crippen molar-refractivity contribution in [1.82, 2.24) is 21.3 Å². The number of guanidine groups is 3. The summed E-state index contributed by atoms with van der Waals surface area (Å²) in [6, 6.07) is 6.15. The van der Waals surface area contributed by atoms with E-state index >= 15 is 0 Å². The molecule has 67 heavy (non-hydrogen) atoms. The Kier molecular flexibility index (Phi) is 30.9. The van der Waals surface area contributed by atoms with Gasteiger partial charge in [0.15, 0.2) is 17.9 Å². The zero-order chi connectivity index (χ0) is 52.7. The quantitative estimate of drug-likeness (QED) is 0.0308. The lowest BCUT2D eigenvalue weighted by atomic mass is 10.0. The van der Waals surface area contributed by atoms with Gasteiger partial charge in [-0.15, -0.1) is 0 Å². The number of halogens is 9. The van der Waals surface area contributed by atoms with Crippen molar-refractivity contribution in [2.45, 2.75) is 89.0 Å². The molecule has 382 valence electrons. The number of carbonyl (C=O) groups excluding carboxylic acids is 4. The lowest BCUT2D eigenvalue weighted by Crippen LogP contribution is -2.58. The zero-order valence-corrected chi connectivity index (χ0v) is 35.7. The Hall–Kier alpha value is -7.31. The third-order valence-corrected chi connectivity index (χ3v) is 7.29. The number of nitrogens with two attached hydrogens (primary N) is 6. The van der Waals surface area contributed by atoms with Gasteiger partial charge in [0, 0.05) is 26.2 Å². The van der Waals surface area contributed by atoms with Gasteiger partial charge in [-0.1, -0.05) is 44.2 Å². The molecule has 0 spiro atoms. The first-order valence-corrected chi connectivity index (χ1v) is 18.9. The predicted octanol–water partition coefficient (Wildman–Crippen LogP) is -0.874. The van der Waals surface area contributed by atoms with E-state index in [-0.39, 0.29) is 68.6 Å². The van der Waals surface area contributed by atoms with Gasteiger partial charge in [0.05, 0.1) is 6.42 Å². The van der Waals surface area contributed by atoms with Gasteiger partial charge in [-0.3, -0.25) is 34.2 Å². The summed E-state index contributed by atoms with van der Waals surface area (Å²) in [6.07, 6.45) is -13.5. The number of carbonyl (C=O) groups is 7. The summed E-state index contributed by atoms with van der Waals surface area (Å²) < 4.78 is 95.2. The summed E-state index contributed by atoms with van der Waals surface area (Å²) in [6.45, 7) is 4.59. The van der Waals surface area contributed by atoms with Crippen LogP contribution in [0.3, 0.4) is 0 Å². The summed E-state index contributed by atoms with van der Waals surface area (Å²) >= 11 is 0. The number of carboxylic acids is 3.